The third-order valence-corrected chi connectivity index (χ3v) is 8.44. The van der Waals surface area contributed by atoms with E-state index >= 15 is 0 Å². The Morgan fingerprint density at radius 3 is 2.64 bits per heavy atom. The van der Waals surface area contributed by atoms with Gasteiger partial charge in [0.05, 0.1) is 0 Å². The predicted octanol–water partition coefficient (Wildman–Crippen LogP) is -0.942. The van der Waals surface area contributed by atoms with Crippen molar-refractivity contribution in [2.45, 2.75) is 29.9 Å². The molecule has 0 heterocycles. The van der Waals surface area contributed by atoms with E-state index in [1.54, 1.807) is 15.0 Å². The maximum absolute atomic E-state index is 2.44. The van der Waals surface area contributed by atoms with E-state index in [1.807, 2.05) is 0 Å². The molecule has 0 N–H and O–H groups in total. The van der Waals surface area contributed by atoms with Gasteiger partial charge in [0.1, 0.15) is 0 Å². The summed E-state index contributed by atoms with van der Waals surface area (Å²) < 4.78 is 2.60. The van der Waals surface area contributed by atoms with Crippen molar-refractivity contribution in [1.82, 2.24) is 0 Å². The van der Waals surface area contributed by atoms with E-state index in [1.165, 1.54) is 36.0 Å². The second-order valence-electron chi connectivity index (χ2n) is 6.97. The number of hydrogen-bond acceptors (Lipinski definition) is 0. The van der Waals surface area contributed by atoms with Crippen LogP contribution in [0, 0.1) is 5.92 Å². The first-order valence-corrected chi connectivity index (χ1v) is 10.4. The van der Waals surface area contributed by atoms with E-state index in [2.05, 4.69) is 60.7 Å². The number of hydrogen-bond donors (Lipinski definition) is 0. The van der Waals surface area contributed by atoms with Crippen LogP contribution in [0.1, 0.15) is 30.4 Å². The minimum Gasteiger partial charge on any atom is -1.00 e. The fraction of sp³-hybridized carbons (Fsp3) is 0.273. The molecule has 0 aromatic heterocycles. The monoisotopic (exact) mass is 402 g/mol. The van der Waals surface area contributed by atoms with Gasteiger partial charge in [0.2, 0.25) is 0 Å². The van der Waals surface area contributed by atoms with Crippen molar-refractivity contribution in [1.29, 1.82) is 0 Å². The molecule has 0 radical (unpaired) electrons. The fourth-order valence-corrected chi connectivity index (χ4v) is 7.32. The Balaban J connectivity index is 0.000000911. The Bertz CT molecular complexity index is 838. The predicted molar refractivity (Wildman–Crippen MR) is 92.6 cm³/mol. The zero-order valence-electron chi connectivity index (χ0n) is 14.0. The van der Waals surface area contributed by atoms with Gasteiger partial charge in [-0.05, 0) is 0 Å². The molecule has 3 aliphatic rings. The maximum atomic E-state index is 2.44. The van der Waals surface area contributed by atoms with E-state index in [0.717, 1.165) is 16.6 Å². The van der Waals surface area contributed by atoms with Gasteiger partial charge in [-0.15, -0.1) is 0 Å². The minimum absolute atomic E-state index is 0. The fourth-order valence-electron chi connectivity index (χ4n) is 4.55. The van der Waals surface area contributed by atoms with Crippen molar-refractivity contribution in [2.24, 2.45) is 5.92 Å². The van der Waals surface area contributed by atoms with Crippen LogP contribution in [0.3, 0.4) is 0 Å². The largest absolute Gasteiger partial charge is 1.00 e. The zero-order valence-corrected chi connectivity index (χ0v) is 17.1. The van der Waals surface area contributed by atoms with Gasteiger partial charge in [0.15, 0.2) is 0 Å². The molecule has 0 amide bonds. The number of benzene rings is 2. The van der Waals surface area contributed by atoms with Crippen LogP contribution in [0.4, 0.5) is 0 Å². The molecule has 0 spiro atoms. The Morgan fingerprint density at radius 2 is 1.72 bits per heavy atom. The summed E-state index contributed by atoms with van der Waals surface area (Å²) in [7, 11) is 0. The molecule has 0 saturated heterocycles. The first kappa shape index (κ1) is 19.0. The molecule has 3 heteroatoms. The maximum Gasteiger partial charge on any atom is -1.00 e. The van der Waals surface area contributed by atoms with Gasteiger partial charge in [0.25, 0.3) is 0 Å². The topological polar surface area (TPSA) is 0 Å². The number of halogens is 2. The summed E-state index contributed by atoms with van der Waals surface area (Å²) in [5, 5.41) is 0. The van der Waals surface area contributed by atoms with E-state index in [4.69, 9.17) is 0 Å². The van der Waals surface area contributed by atoms with Crippen LogP contribution < -0.4 is 28.7 Å². The van der Waals surface area contributed by atoms with Gasteiger partial charge in [-0.1, -0.05) is 0 Å². The third kappa shape index (κ3) is 3.31. The van der Waals surface area contributed by atoms with Crippen LogP contribution in [0.15, 0.2) is 66.3 Å². The Labute approximate surface area is 171 Å². The van der Waals surface area contributed by atoms with Crippen LogP contribution in [-0.4, -0.2) is 0 Å². The average Bonchev–Trinajstić information content (AvgIpc) is 3.17. The summed E-state index contributed by atoms with van der Waals surface area (Å²) in [4.78, 5) is 0. The number of fused-ring (bicyclic) bond motifs is 4. The van der Waals surface area contributed by atoms with Gasteiger partial charge in [-0.2, -0.15) is 0 Å². The van der Waals surface area contributed by atoms with E-state index in [9.17, 15) is 0 Å². The van der Waals surface area contributed by atoms with Gasteiger partial charge in [-0.3, -0.25) is 0 Å². The molecule has 1 saturated carbocycles. The molecule has 2 atom stereocenters. The Morgan fingerprint density at radius 1 is 0.880 bits per heavy atom. The molecule has 3 aliphatic carbocycles. The van der Waals surface area contributed by atoms with E-state index in [0.29, 0.717) is 0 Å². The van der Waals surface area contributed by atoms with Crippen molar-refractivity contribution >= 4 is 3.87 Å². The van der Waals surface area contributed by atoms with Crippen LogP contribution >= 0.6 is 0 Å². The number of rotatable bonds is 2. The van der Waals surface area contributed by atoms with Crippen LogP contribution in [-0.2, 0) is 25.6 Å². The first-order valence-electron chi connectivity index (χ1n) is 8.73. The summed E-state index contributed by atoms with van der Waals surface area (Å²) >= 11 is -0.0923. The molecular formula is C22H20Cl2Ti. The Kier molecular flexibility index (Phi) is 5.96. The summed E-state index contributed by atoms with van der Waals surface area (Å²) in [6, 6.07) is 16.0. The first-order chi connectivity index (χ1) is 11.4. The summed E-state index contributed by atoms with van der Waals surface area (Å²) in [6.45, 7) is 0. The van der Waals surface area contributed by atoms with Gasteiger partial charge < -0.3 is 24.8 Å². The standard InChI is InChI=1S/C13H9.C9H11.2ClH.Ti/c1-3-7-12-10(5-1)9-11-6-2-4-8-13(11)12;1-2-5-9-7-3-6-8(9)4-1;;;/h1-5,7-8H,9H2;1-2,4,6,9H,3,5,7H2;2*1H;/q;;;;+2/p-2. The molecule has 5 rings (SSSR count). The van der Waals surface area contributed by atoms with Crippen molar-refractivity contribution in [3.8, 4) is 11.1 Å². The summed E-state index contributed by atoms with van der Waals surface area (Å²) in [5.41, 5.74) is 7.92. The van der Waals surface area contributed by atoms with Gasteiger partial charge in [-0.25, -0.2) is 0 Å². The smallest absolute Gasteiger partial charge is 1.00 e. The SMILES string of the molecule is C1=CCC2CC[CH]([Ti+2][c]3cccc4c3Cc3ccccc3-4)C2=C1.[Cl-].[Cl-]. The molecule has 25 heavy (non-hydrogen) atoms. The second kappa shape index (κ2) is 7.84. The van der Waals surface area contributed by atoms with E-state index < -0.39 is 0 Å². The molecule has 0 aliphatic heterocycles. The van der Waals surface area contributed by atoms with Crippen molar-refractivity contribution in [3.63, 3.8) is 0 Å². The normalized spacial score (nSPS) is 21.8. The van der Waals surface area contributed by atoms with Crippen LogP contribution in [0.2, 0.25) is 4.22 Å². The van der Waals surface area contributed by atoms with Crippen molar-refractivity contribution in [3.05, 3.63) is 77.4 Å². The quantitative estimate of drug-likeness (QED) is 0.485. The van der Waals surface area contributed by atoms with E-state index in [-0.39, 0.29) is 44.0 Å². The molecule has 2 unspecified atom stereocenters. The third-order valence-electron chi connectivity index (χ3n) is 5.70. The Hall–Kier alpha value is -0.786. The molecular weight excluding hydrogens is 383 g/mol. The van der Waals surface area contributed by atoms with Gasteiger partial charge >= 0.3 is 147 Å². The van der Waals surface area contributed by atoms with Gasteiger partial charge in [0, 0.05) is 0 Å². The number of allylic oxidation sites excluding steroid dienone is 4. The van der Waals surface area contributed by atoms with Crippen LogP contribution in [0.5, 0.6) is 0 Å². The zero-order chi connectivity index (χ0) is 15.2. The molecule has 2 aromatic rings. The average molecular weight is 403 g/mol. The van der Waals surface area contributed by atoms with Crippen molar-refractivity contribution in [2.75, 3.05) is 0 Å². The van der Waals surface area contributed by atoms with Crippen LogP contribution in [0.25, 0.3) is 11.1 Å². The molecule has 126 valence electrons. The molecule has 1 fully saturated rings. The second-order valence-corrected chi connectivity index (χ2v) is 9.35. The minimum atomic E-state index is -0.0923. The summed E-state index contributed by atoms with van der Waals surface area (Å²) in [5.74, 6) is 0.864. The summed E-state index contributed by atoms with van der Waals surface area (Å²) in [6.07, 6.45) is 12.4. The molecule has 0 nitrogen and oxygen atoms in total. The van der Waals surface area contributed by atoms with Crippen molar-refractivity contribution < 1.29 is 44.0 Å². The molecule has 2 aromatic carbocycles. The molecule has 0 bridgehead atoms.